The maximum atomic E-state index is 13.3. The molecule has 1 saturated heterocycles. The minimum Gasteiger partial charge on any atom is -0.444 e. The number of benzene rings is 1. The van der Waals surface area contributed by atoms with Gasteiger partial charge < -0.3 is 9.52 Å². The zero-order valence-corrected chi connectivity index (χ0v) is 12.8. The Balaban J connectivity index is 1.69. The van der Waals surface area contributed by atoms with Crippen LogP contribution in [-0.2, 0) is 6.54 Å². The van der Waals surface area contributed by atoms with Gasteiger partial charge in [-0.1, -0.05) is 13.0 Å². The van der Waals surface area contributed by atoms with Gasteiger partial charge in [-0.25, -0.2) is 9.37 Å². The van der Waals surface area contributed by atoms with Crippen LogP contribution in [0.3, 0.4) is 0 Å². The first-order valence-electron chi connectivity index (χ1n) is 7.62. The molecule has 1 N–H and O–H groups in total. The minimum atomic E-state index is -0.299. The van der Waals surface area contributed by atoms with E-state index in [1.165, 1.54) is 12.1 Å². The third-order valence-electron chi connectivity index (χ3n) is 4.25. The topological polar surface area (TPSA) is 49.5 Å². The first-order chi connectivity index (χ1) is 10.6. The van der Waals surface area contributed by atoms with Gasteiger partial charge in [0.05, 0.1) is 5.69 Å². The van der Waals surface area contributed by atoms with Gasteiger partial charge in [0.15, 0.2) is 0 Å². The summed E-state index contributed by atoms with van der Waals surface area (Å²) in [6, 6.07) is 6.24. The van der Waals surface area contributed by atoms with E-state index in [1.807, 2.05) is 0 Å². The summed E-state index contributed by atoms with van der Waals surface area (Å²) < 4.78 is 18.7. The molecule has 1 aromatic carbocycles. The standard InChI is InChI=1S/C17H21FN2O2/c1-17(12-21)6-3-7-20(11-17)9-15-10-22-16(19-15)13-4-2-5-14(18)8-13/h2,4-5,8,10,21H,3,6-7,9,11-12H2,1H3. The van der Waals surface area contributed by atoms with Crippen LogP contribution >= 0.6 is 0 Å². The third-order valence-corrected chi connectivity index (χ3v) is 4.25. The molecule has 1 aliphatic rings. The number of halogens is 1. The Morgan fingerprint density at radius 2 is 2.32 bits per heavy atom. The van der Waals surface area contributed by atoms with E-state index in [9.17, 15) is 9.50 Å². The summed E-state index contributed by atoms with van der Waals surface area (Å²) in [5.41, 5.74) is 1.44. The summed E-state index contributed by atoms with van der Waals surface area (Å²) in [4.78, 5) is 6.74. The molecule has 0 saturated carbocycles. The molecule has 0 aliphatic carbocycles. The molecule has 3 rings (SSSR count). The molecule has 2 heterocycles. The van der Waals surface area contributed by atoms with E-state index in [0.29, 0.717) is 18.0 Å². The number of aliphatic hydroxyl groups excluding tert-OH is 1. The van der Waals surface area contributed by atoms with Gasteiger partial charge in [-0.3, -0.25) is 4.90 Å². The fraction of sp³-hybridized carbons (Fsp3) is 0.471. The number of nitrogens with zero attached hydrogens (tertiary/aromatic N) is 2. The van der Waals surface area contributed by atoms with E-state index in [0.717, 1.165) is 31.6 Å². The van der Waals surface area contributed by atoms with Crippen molar-refractivity contribution in [3.8, 4) is 11.5 Å². The highest BCUT2D eigenvalue weighted by atomic mass is 19.1. The second kappa shape index (κ2) is 6.18. The molecule has 1 aromatic heterocycles. The van der Waals surface area contributed by atoms with Crippen molar-refractivity contribution in [1.29, 1.82) is 0 Å². The molecule has 22 heavy (non-hydrogen) atoms. The lowest BCUT2D eigenvalue weighted by atomic mass is 9.83. The zero-order chi connectivity index (χ0) is 15.6. The van der Waals surface area contributed by atoms with Crippen molar-refractivity contribution in [3.05, 3.63) is 42.0 Å². The van der Waals surface area contributed by atoms with Crippen LogP contribution in [0, 0.1) is 11.2 Å². The maximum Gasteiger partial charge on any atom is 0.226 e. The first kappa shape index (κ1) is 15.2. The van der Waals surface area contributed by atoms with Gasteiger partial charge in [0.2, 0.25) is 5.89 Å². The van der Waals surface area contributed by atoms with Gasteiger partial charge in [-0.15, -0.1) is 0 Å². The highest BCUT2D eigenvalue weighted by molar-refractivity contribution is 5.52. The maximum absolute atomic E-state index is 13.3. The van der Waals surface area contributed by atoms with E-state index in [-0.39, 0.29) is 17.8 Å². The molecular weight excluding hydrogens is 283 g/mol. The van der Waals surface area contributed by atoms with E-state index < -0.39 is 0 Å². The third kappa shape index (κ3) is 3.36. The zero-order valence-electron chi connectivity index (χ0n) is 12.8. The summed E-state index contributed by atoms with van der Waals surface area (Å²) in [5, 5.41) is 9.52. The average molecular weight is 304 g/mol. The average Bonchev–Trinajstić information content (AvgIpc) is 2.96. The number of oxazole rings is 1. The van der Waals surface area contributed by atoms with Gasteiger partial charge in [0, 0.05) is 30.7 Å². The monoisotopic (exact) mass is 304 g/mol. The molecular formula is C17H21FN2O2. The highest BCUT2D eigenvalue weighted by Gasteiger charge is 2.30. The van der Waals surface area contributed by atoms with Crippen LogP contribution in [0.4, 0.5) is 4.39 Å². The van der Waals surface area contributed by atoms with Gasteiger partial charge in [0.1, 0.15) is 12.1 Å². The lowest BCUT2D eigenvalue weighted by molar-refractivity contribution is 0.0423. The Labute approximate surface area is 129 Å². The van der Waals surface area contributed by atoms with Crippen molar-refractivity contribution in [2.75, 3.05) is 19.7 Å². The quantitative estimate of drug-likeness (QED) is 0.943. The summed E-state index contributed by atoms with van der Waals surface area (Å²) in [7, 11) is 0. The van der Waals surface area contributed by atoms with E-state index in [4.69, 9.17) is 4.42 Å². The van der Waals surface area contributed by atoms with E-state index >= 15 is 0 Å². The lowest BCUT2D eigenvalue weighted by Gasteiger charge is -2.38. The van der Waals surface area contributed by atoms with Crippen molar-refractivity contribution < 1.29 is 13.9 Å². The molecule has 4 nitrogen and oxygen atoms in total. The normalized spacial score (nSPS) is 22.9. The molecule has 1 atom stereocenters. The number of likely N-dealkylation sites (tertiary alicyclic amines) is 1. The Hall–Kier alpha value is -1.72. The molecule has 118 valence electrons. The molecule has 0 bridgehead atoms. The van der Waals surface area contributed by atoms with E-state index in [2.05, 4.69) is 16.8 Å². The number of piperidine rings is 1. The van der Waals surface area contributed by atoms with Gasteiger partial charge in [0.25, 0.3) is 0 Å². The Morgan fingerprint density at radius 1 is 1.45 bits per heavy atom. The molecule has 1 aliphatic heterocycles. The van der Waals surface area contributed by atoms with Crippen molar-refractivity contribution >= 4 is 0 Å². The predicted octanol–water partition coefficient (Wildman–Crippen LogP) is 3.08. The number of hydrogen-bond donors (Lipinski definition) is 1. The Morgan fingerprint density at radius 3 is 3.09 bits per heavy atom. The van der Waals surface area contributed by atoms with Crippen LogP contribution in [0.5, 0.6) is 0 Å². The van der Waals surface area contributed by atoms with Crippen LogP contribution in [-0.4, -0.2) is 34.7 Å². The summed E-state index contributed by atoms with van der Waals surface area (Å²) in [5.74, 6) is 0.142. The van der Waals surface area contributed by atoms with E-state index in [1.54, 1.807) is 18.4 Å². The second-order valence-electron chi connectivity index (χ2n) is 6.44. The molecule has 1 fully saturated rings. The van der Waals surface area contributed by atoms with Crippen LogP contribution in [0.15, 0.2) is 34.9 Å². The van der Waals surface area contributed by atoms with Crippen molar-refractivity contribution in [1.82, 2.24) is 9.88 Å². The van der Waals surface area contributed by atoms with Crippen LogP contribution < -0.4 is 0 Å². The summed E-state index contributed by atoms with van der Waals surface area (Å²) >= 11 is 0. The van der Waals surface area contributed by atoms with Gasteiger partial charge >= 0.3 is 0 Å². The Bertz CT molecular complexity index is 643. The van der Waals surface area contributed by atoms with Crippen LogP contribution in [0.2, 0.25) is 0 Å². The van der Waals surface area contributed by atoms with Crippen molar-refractivity contribution in [3.63, 3.8) is 0 Å². The summed E-state index contributed by atoms with van der Waals surface area (Å²) in [6.07, 6.45) is 3.75. The largest absolute Gasteiger partial charge is 0.444 e. The molecule has 5 heteroatoms. The highest BCUT2D eigenvalue weighted by Crippen LogP contribution is 2.29. The predicted molar refractivity (Wildman–Crippen MR) is 81.6 cm³/mol. The number of aliphatic hydroxyl groups is 1. The number of aromatic nitrogens is 1. The molecule has 0 amide bonds. The number of hydrogen-bond acceptors (Lipinski definition) is 4. The molecule has 2 aromatic rings. The molecule has 1 unspecified atom stereocenters. The van der Waals surface area contributed by atoms with Crippen molar-refractivity contribution in [2.45, 2.75) is 26.3 Å². The summed E-state index contributed by atoms with van der Waals surface area (Å²) in [6.45, 7) is 4.86. The van der Waals surface area contributed by atoms with Crippen molar-refractivity contribution in [2.24, 2.45) is 5.41 Å². The fourth-order valence-electron chi connectivity index (χ4n) is 3.05. The smallest absolute Gasteiger partial charge is 0.226 e. The SMILES string of the molecule is CC1(CO)CCCN(Cc2coc(-c3cccc(F)c3)n2)C1. The number of rotatable bonds is 4. The molecule has 0 spiro atoms. The second-order valence-corrected chi connectivity index (χ2v) is 6.44. The first-order valence-corrected chi connectivity index (χ1v) is 7.62. The molecule has 0 radical (unpaired) electrons. The lowest BCUT2D eigenvalue weighted by Crippen LogP contribution is -2.43. The van der Waals surface area contributed by atoms with Crippen LogP contribution in [0.1, 0.15) is 25.5 Å². The fourth-order valence-corrected chi connectivity index (χ4v) is 3.05. The van der Waals surface area contributed by atoms with Gasteiger partial charge in [-0.05, 0) is 37.6 Å². The van der Waals surface area contributed by atoms with Gasteiger partial charge in [-0.2, -0.15) is 0 Å². The van der Waals surface area contributed by atoms with Crippen LogP contribution in [0.25, 0.3) is 11.5 Å². The Kier molecular flexibility index (Phi) is 4.27. The minimum absolute atomic E-state index is 0.0344.